The molecule has 0 atom stereocenters. The maximum atomic E-state index is 5.81. The summed E-state index contributed by atoms with van der Waals surface area (Å²) in [5.41, 5.74) is 8.68. The number of nitrogens with two attached hydrogens (primary N) is 1. The number of fused-ring (bicyclic) bond motifs is 1. The Morgan fingerprint density at radius 2 is 2.16 bits per heavy atom. The summed E-state index contributed by atoms with van der Waals surface area (Å²) in [6, 6.07) is 5.90. The molecule has 0 fully saturated rings. The van der Waals surface area contributed by atoms with Gasteiger partial charge in [-0.05, 0) is 24.1 Å². The molecule has 0 unspecified atom stereocenters. The van der Waals surface area contributed by atoms with Crippen molar-refractivity contribution in [2.75, 3.05) is 18.9 Å². The zero-order valence-electron chi connectivity index (χ0n) is 12.0. The monoisotopic (exact) mass is 261 g/mol. The number of nitrogen functional groups attached to an aromatic ring is 1. The topological polar surface area (TPSA) is 53.1 Å². The second kappa shape index (κ2) is 6.06. The summed E-state index contributed by atoms with van der Waals surface area (Å²) in [6.45, 7) is 8.81. The number of nitrogens with zero attached hydrogens (tertiary/aromatic N) is 2. The second-order valence-electron chi connectivity index (χ2n) is 5.25. The molecule has 0 saturated carbocycles. The van der Waals surface area contributed by atoms with E-state index in [2.05, 4.69) is 30.3 Å². The summed E-state index contributed by atoms with van der Waals surface area (Å²) in [6.07, 6.45) is 0.915. The zero-order valence-corrected chi connectivity index (χ0v) is 12.0. The zero-order chi connectivity index (χ0) is 13.8. The van der Waals surface area contributed by atoms with Crippen molar-refractivity contribution in [3.63, 3.8) is 0 Å². The highest BCUT2D eigenvalue weighted by Gasteiger charge is 2.09. The van der Waals surface area contributed by atoms with Gasteiger partial charge in [0.05, 0.1) is 17.6 Å². The second-order valence-corrected chi connectivity index (χ2v) is 5.25. The van der Waals surface area contributed by atoms with Gasteiger partial charge < -0.3 is 15.0 Å². The summed E-state index contributed by atoms with van der Waals surface area (Å²) in [5.74, 6) is 1.67. The van der Waals surface area contributed by atoms with Gasteiger partial charge in [-0.2, -0.15) is 0 Å². The van der Waals surface area contributed by atoms with E-state index in [1.807, 2.05) is 18.2 Å². The maximum absolute atomic E-state index is 5.81. The van der Waals surface area contributed by atoms with Crippen LogP contribution < -0.4 is 5.73 Å². The standard InChI is InChI=1S/C15H23N3O/c1-4-15-17-13-9-12(16)5-6-14(13)18(15)7-8-19-10-11(2)3/h5-6,9,11H,4,7-8,10,16H2,1-3H3. The van der Waals surface area contributed by atoms with Gasteiger partial charge in [0, 0.05) is 25.3 Å². The van der Waals surface area contributed by atoms with E-state index >= 15 is 0 Å². The summed E-state index contributed by atoms with van der Waals surface area (Å²) < 4.78 is 7.90. The van der Waals surface area contributed by atoms with E-state index in [1.54, 1.807) is 0 Å². The molecule has 0 bridgehead atoms. The first kappa shape index (κ1) is 13.9. The van der Waals surface area contributed by atoms with Crippen LogP contribution in [0, 0.1) is 5.92 Å². The van der Waals surface area contributed by atoms with E-state index in [-0.39, 0.29) is 0 Å². The van der Waals surface area contributed by atoms with Crippen LogP contribution in [0.1, 0.15) is 26.6 Å². The van der Waals surface area contributed by atoms with Gasteiger partial charge in [0.15, 0.2) is 0 Å². The average Bonchev–Trinajstić information content (AvgIpc) is 2.71. The Bertz CT molecular complexity index is 546. The van der Waals surface area contributed by atoms with Gasteiger partial charge in [-0.25, -0.2) is 4.98 Å². The van der Waals surface area contributed by atoms with Crippen molar-refractivity contribution in [1.29, 1.82) is 0 Å². The third kappa shape index (κ3) is 3.26. The minimum Gasteiger partial charge on any atom is -0.399 e. The maximum Gasteiger partial charge on any atom is 0.109 e. The van der Waals surface area contributed by atoms with E-state index in [0.717, 1.165) is 48.7 Å². The lowest BCUT2D eigenvalue weighted by Crippen LogP contribution is -2.11. The van der Waals surface area contributed by atoms with Crippen LogP contribution >= 0.6 is 0 Å². The van der Waals surface area contributed by atoms with Crippen LogP contribution in [0.25, 0.3) is 11.0 Å². The van der Waals surface area contributed by atoms with Gasteiger partial charge in [-0.1, -0.05) is 20.8 Å². The van der Waals surface area contributed by atoms with Crippen LogP contribution in [0.15, 0.2) is 18.2 Å². The number of ether oxygens (including phenoxy) is 1. The largest absolute Gasteiger partial charge is 0.399 e. The number of imidazole rings is 1. The van der Waals surface area contributed by atoms with E-state index in [1.165, 1.54) is 0 Å². The minimum absolute atomic E-state index is 0.574. The van der Waals surface area contributed by atoms with Crippen molar-refractivity contribution in [2.45, 2.75) is 33.7 Å². The molecule has 0 saturated heterocycles. The van der Waals surface area contributed by atoms with Crippen molar-refractivity contribution in [3.05, 3.63) is 24.0 Å². The van der Waals surface area contributed by atoms with E-state index in [9.17, 15) is 0 Å². The summed E-state index contributed by atoms with van der Waals surface area (Å²) >= 11 is 0. The lowest BCUT2D eigenvalue weighted by atomic mass is 10.2. The van der Waals surface area contributed by atoms with Crippen molar-refractivity contribution >= 4 is 16.7 Å². The highest BCUT2D eigenvalue weighted by atomic mass is 16.5. The normalized spacial score (nSPS) is 11.6. The lowest BCUT2D eigenvalue weighted by Gasteiger charge is -2.10. The Balaban J connectivity index is 2.16. The van der Waals surface area contributed by atoms with Gasteiger partial charge in [0.1, 0.15) is 5.82 Å². The van der Waals surface area contributed by atoms with Gasteiger partial charge in [-0.3, -0.25) is 0 Å². The molecule has 0 aliphatic carbocycles. The first-order valence-electron chi connectivity index (χ1n) is 6.94. The molecule has 2 rings (SSSR count). The molecule has 104 valence electrons. The lowest BCUT2D eigenvalue weighted by molar-refractivity contribution is 0.103. The van der Waals surface area contributed by atoms with Gasteiger partial charge >= 0.3 is 0 Å². The van der Waals surface area contributed by atoms with E-state index < -0.39 is 0 Å². The van der Waals surface area contributed by atoms with Crippen LogP contribution in [0.4, 0.5) is 5.69 Å². The minimum atomic E-state index is 0.574. The highest BCUT2D eigenvalue weighted by molar-refractivity contribution is 5.79. The molecule has 0 radical (unpaired) electrons. The van der Waals surface area contributed by atoms with Crippen LogP contribution in [0.2, 0.25) is 0 Å². The van der Waals surface area contributed by atoms with Crippen molar-refractivity contribution in [2.24, 2.45) is 5.92 Å². The third-order valence-electron chi connectivity index (χ3n) is 3.08. The van der Waals surface area contributed by atoms with Gasteiger partial charge in [0.2, 0.25) is 0 Å². The quantitative estimate of drug-likeness (QED) is 0.642. The number of benzene rings is 1. The molecule has 4 nitrogen and oxygen atoms in total. The van der Waals surface area contributed by atoms with E-state index in [0.29, 0.717) is 5.92 Å². The number of aryl methyl sites for hydroxylation is 1. The SMILES string of the molecule is CCc1nc2cc(N)ccc2n1CCOCC(C)C. The molecule has 0 amide bonds. The Morgan fingerprint density at radius 3 is 2.84 bits per heavy atom. The number of anilines is 1. The third-order valence-corrected chi connectivity index (χ3v) is 3.08. The molecule has 2 N–H and O–H groups in total. The fraction of sp³-hybridized carbons (Fsp3) is 0.533. The molecule has 1 aromatic heterocycles. The molecule has 0 aliphatic heterocycles. The number of hydrogen-bond donors (Lipinski definition) is 1. The fourth-order valence-corrected chi connectivity index (χ4v) is 2.19. The molecule has 4 heteroatoms. The van der Waals surface area contributed by atoms with Crippen LogP contribution in [0.5, 0.6) is 0 Å². The average molecular weight is 261 g/mol. The molecule has 0 aliphatic rings. The number of aromatic nitrogens is 2. The molecular formula is C15H23N3O. The van der Waals surface area contributed by atoms with E-state index in [4.69, 9.17) is 10.5 Å². The Morgan fingerprint density at radius 1 is 1.37 bits per heavy atom. The summed E-state index contributed by atoms with van der Waals surface area (Å²) in [5, 5.41) is 0. The van der Waals surface area contributed by atoms with Crippen LogP contribution in [-0.4, -0.2) is 22.8 Å². The van der Waals surface area contributed by atoms with Gasteiger partial charge in [0.25, 0.3) is 0 Å². The Labute approximate surface area is 114 Å². The smallest absolute Gasteiger partial charge is 0.109 e. The molecular weight excluding hydrogens is 238 g/mol. The predicted molar refractivity (Wildman–Crippen MR) is 79.2 cm³/mol. The van der Waals surface area contributed by atoms with Crippen molar-refractivity contribution in [3.8, 4) is 0 Å². The molecule has 0 spiro atoms. The molecule has 1 aromatic carbocycles. The molecule has 2 aromatic rings. The molecule has 1 heterocycles. The van der Waals surface area contributed by atoms with Crippen molar-refractivity contribution in [1.82, 2.24) is 9.55 Å². The van der Waals surface area contributed by atoms with Crippen LogP contribution in [-0.2, 0) is 17.7 Å². The predicted octanol–water partition coefficient (Wildman–Crippen LogP) is 2.85. The highest BCUT2D eigenvalue weighted by Crippen LogP contribution is 2.19. The summed E-state index contributed by atoms with van der Waals surface area (Å²) in [7, 11) is 0. The number of rotatable bonds is 6. The van der Waals surface area contributed by atoms with Crippen LogP contribution in [0.3, 0.4) is 0 Å². The Kier molecular flexibility index (Phi) is 4.43. The number of hydrogen-bond acceptors (Lipinski definition) is 3. The Hall–Kier alpha value is -1.55. The summed E-state index contributed by atoms with van der Waals surface area (Å²) in [4.78, 5) is 4.63. The van der Waals surface area contributed by atoms with Gasteiger partial charge in [-0.15, -0.1) is 0 Å². The fourth-order valence-electron chi connectivity index (χ4n) is 2.19. The molecule has 19 heavy (non-hydrogen) atoms. The first-order chi connectivity index (χ1) is 9.11. The first-order valence-corrected chi connectivity index (χ1v) is 6.94. The van der Waals surface area contributed by atoms with Crippen molar-refractivity contribution < 1.29 is 4.74 Å².